The molecule has 1 saturated heterocycles. The predicted octanol–water partition coefficient (Wildman–Crippen LogP) is 2.73. The molecule has 3 nitrogen and oxygen atoms in total. The SMILES string of the molecule is NCc1ccc(N2CCN(CC(F)(F)F)CC2)c(F)c1Br. The van der Waals surface area contributed by atoms with Gasteiger partial charge in [-0.3, -0.25) is 4.90 Å². The maximum Gasteiger partial charge on any atom is 0.401 e. The van der Waals surface area contributed by atoms with Gasteiger partial charge in [-0.05, 0) is 27.6 Å². The van der Waals surface area contributed by atoms with Gasteiger partial charge in [0.15, 0.2) is 5.82 Å². The van der Waals surface area contributed by atoms with Gasteiger partial charge in [-0.15, -0.1) is 0 Å². The van der Waals surface area contributed by atoms with Crippen LogP contribution in [0.2, 0.25) is 0 Å². The molecular formula is C13H16BrF4N3. The van der Waals surface area contributed by atoms with Gasteiger partial charge in [-0.2, -0.15) is 13.2 Å². The summed E-state index contributed by atoms with van der Waals surface area (Å²) in [6.07, 6.45) is -4.20. The van der Waals surface area contributed by atoms with Crippen molar-refractivity contribution in [3.05, 3.63) is 28.0 Å². The van der Waals surface area contributed by atoms with Crippen LogP contribution in [0.1, 0.15) is 5.56 Å². The lowest BCUT2D eigenvalue weighted by Gasteiger charge is -2.36. The average molecular weight is 370 g/mol. The van der Waals surface area contributed by atoms with E-state index in [-0.39, 0.29) is 19.6 Å². The Labute approximate surface area is 128 Å². The van der Waals surface area contributed by atoms with Gasteiger partial charge >= 0.3 is 6.18 Å². The minimum absolute atomic E-state index is 0.219. The lowest BCUT2D eigenvalue weighted by molar-refractivity contribution is -0.146. The van der Waals surface area contributed by atoms with Gasteiger partial charge in [0.1, 0.15) is 0 Å². The van der Waals surface area contributed by atoms with E-state index in [0.29, 0.717) is 28.8 Å². The minimum atomic E-state index is -4.20. The second-order valence-corrected chi connectivity index (χ2v) is 5.75. The highest BCUT2D eigenvalue weighted by Crippen LogP contribution is 2.30. The average Bonchev–Trinajstić information content (AvgIpc) is 2.41. The third-order valence-electron chi connectivity index (χ3n) is 3.48. The molecule has 0 bridgehead atoms. The van der Waals surface area contributed by atoms with Gasteiger partial charge in [-0.25, -0.2) is 4.39 Å². The molecule has 1 heterocycles. The van der Waals surface area contributed by atoms with E-state index in [1.165, 1.54) is 4.90 Å². The first-order valence-corrected chi connectivity index (χ1v) is 7.32. The topological polar surface area (TPSA) is 32.5 Å². The summed E-state index contributed by atoms with van der Waals surface area (Å²) in [5.74, 6) is -0.415. The molecule has 0 unspecified atom stereocenters. The standard InChI is InChI=1S/C13H16BrF4N3/c14-11-9(7-19)1-2-10(12(11)15)21-5-3-20(4-6-21)8-13(16,17)18/h1-2H,3-8,19H2. The van der Waals surface area contributed by atoms with Gasteiger partial charge < -0.3 is 10.6 Å². The van der Waals surface area contributed by atoms with E-state index < -0.39 is 18.5 Å². The number of benzene rings is 1. The van der Waals surface area contributed by atoms with Crippen molar-refractivity contribution in [1.82, 2.24) is 4.90 Å². The molecule has 2 N–H and O–H groups in total. The normalized spacial score (nSPS) is 17.3. The fourth-order valence-electron chi connectivity index (χ4n) is 2.38. The Morgan fingerprint density at radius 2 is 1.76 bits per heavy atom. The monoisotopic (exact) mass is 369 g/mol. The number of piperazine rings is 1. The first-order chi connectivity index (χ1) is 9.81. The maximum absolute atomic E-state index is 14.3. The van der Waals surface area contributed by atoms with Gasteiger partial charge in [0.25, 0.3) is 0 Å². The van der Waals surface area contributed by atoms with Crippen LogP contribution in [0.15, 0.2) is 16.6 Å². The summed E-state index contributed by atoms with van der Waals surface area (Å²) in [5, 5.41) is 0. The Kier molecular flexibility index (Phi) is 5.11. The molecule has 0 aromatic heterocycles. The molecule has 118 valence electrons. The smallest absolute Gasteiger partial charge is 0.367 e. The highest BCUT2D eigenvalue weighted by molar-refractivity contribution is 9.10. The third kappa shape index (κ3) is 4.08. The predicted molar refractivity (Wildman–Crippen MR) is 76.7 cm³/mol. The Bertz CT molecular complexity index is 499. The number of rotatable bonds is 3. The first kappa shape index (κ1) is 16.5. The molecule has 0 aliphatic carbocycles. The van der Waals surface area contributed by atoms with Gasteiger partial charge in [0.2, 0.25) is 0 Å². The van der Waals surface area contributed by atoms with Crippen molar-refractivity contribution in [3.8, 4) is 0 Å². The summed E-state index contributed by atoms with van der Waals surface area (Å²) in [7, 11) is 0. The summed E-state index contributed by atoms with van der Waals surface area (Å²) in [5.41, 5.74) is 6.55. The third-order valence-corrected chi connectivity index (χ3v) is 4.34. The number of alkyl halides is 3. The van der Waals surface area contributed by atoms with Crippen LogP contribution in [-0.2, 0) is 6.54 Å². The van der Waals surface area contributed by atoms with Gasteiger partial charge in [0.05, 0.1) is 16.7 Å². The Hall–Kier alpha value is -0.860. The van der Waals surface area contributed by atoms with E-state index in [1.54, 1.807) is 17.0 Å². The van der Waals surface area contributed by atoms with Crippen LogP contribution in [0.3, 0.4) is 0 Å². The van der Waals surface area contributed by atoms with Crippen LogP contribution >= 0.6 is 15.9 Å². The highest BCUT2D eigenvalue weighted by Gasteiger charge is 2.32. The molecule has 0 radical (unpaired) electrons. The maximum atomic E-state index is 14.3. The Balaban J connectivity index is 2.04. The molecule has 2 rings (SSSR count). The van der Waals surface area contributed by atoms with Gasteiger partial charge in [-0.1, -0.05) is 6.07 Å². The van der Waals surface area contributed by atoms with E-state index in [0.717, 1.165) is 0 Å². The highest BCUT2D eigenvalue weighted by atomic mass is 79.9. The number of hydrogen-bond acceptors (Lipinski definition) is 3. The summed E-state index contributed by atoms with van der Waals surface area (Å²) in [6.45, 7) is 0.545. The second-order valence-electron chi connectivity index (χ2n) is 4.95. The summed E-state index contributed by atoms with van der Waals surface area (Å²) in [4.78, 5) is 3.09. The fraction of sp³-hybridized carbons (Fsp3) is 0.538. The molecule has 1 aromatic rings. The number of hydrogen-bond donors (Lipinski definition) is 1. The van der Waals surface area contributed by atoms with Crippen LogP contribution in [0.25, 0.3) is 0 Å². The van der Waals surface area contributed by atoms with Crippen molar-refractivity contribution in [1.29, 1.82) is 0 Å². The first-order valence-electron chi connectivity index (χ1n) is 6.53. The Morgan fingerprint density at radius 1 is 1.14 bits per heavy atom. The zero-order valence-electron chi connectivity index (χ0n) is 11.3. The molecule has 0 saturated carbocycles. The molecule has 1 aliphatic heterocycles. The number of nitrogens with two attached hydrogens (primary N) is 1. The molecule has 21 heavy (non-hydrogen) atoms. The van der Waals surface area contributed by atoms with Crippen molar-refractivity contribution in [2.45, 2.75) is 12.7 Å². The largest absolute Gasteiger partial charge is 0.401 e. The number of anilines is 1. The van der Waals surface area contributed by atoms with E-state index in [4.69, 9.17) is 5.73 Å². The molecular weight excluding hydrogens is 354 g/mol. The van der Waals surface area contributed by atoms with E-state index in [2.05, 4.69) is 15.9 Å². The number of halogens is 5. The van der Waals surface area contributed by atoms with Crippen molar-refractivity contribution < 1.29 is 17.6 Å². The number of nitrogens with zero attached hydrogens (tertiary/aromatic N) is 2. The van der Waals surface area contributed by atoms with Crippen molar-refractivity contribution >= 4 is 21.6 Å². The zero-order chi connectivity index (χ0) is 15.6. The fourth-order valence-corrected chi connectivity index (χ4v) is 2.88. The van der Waals surface area contributed by atoms with Crippen LogP contribution < -0.4 is 10.6 Å². The van der Waals surface area contributed by atoms with Gasteiger partial charge in [0, 0.05) is 32.7 Å². The van der Waals surface area contributed by atoms with Crippen LogP contribution in [0.5, 0.6) is 0 Å². The molecule has 0 amide bonds. The molecule has 1 aromatic carbocycles. The second kappa shape index (κ2) is 6.50. The lowest BCUT2D eigenvalue weighted by atomic mass is 10.1. The lowest BCUT2D eigenvalue weighted by Crippen LogP contribution is -2.49. The Morgan fingerprint density at radius 3 is 2.29 bits per heavy atom. The molecule has 0 spiro atoms. The van der Waals surface area contributed by atoms with Crippen LogP contribution in [0, 0.1) is 5.82 Å². The van der Waals surface area contributed by atoms with Crippen molar-refractivity contribution in [2.24, 2.45) is 5.73 Å². The molecule has 8 heteroatoms. The summed E-state index contributed by atoms with van der Waals surface area (Å²) < 4.78 is 51.6. The molecule has 1 aliphatic rings. The van der Waals surface area contributed by atoms with E-state index in [9.17, 15) is 17.6 Å². The summed E-state index contributed by atoms with van der Waals surface area (Å²) >= 11 is 3.17. The van der Waals surface area contributed by atoms with Crippen LogP contribution in [-0.4, -0.2) is 43.8 Å². The van der Waals surface area contributed by atoms with E-state index >= 15 is 0 Å². The summed E-state index contributed by atoms with van der Waals surface area (Å²) in [6, 6.07) is 3.35. The zero-order valence-corrected chi connectivity index (χ0v) is 12.8. The van der Waals surface area contributed by atoms with Crippen LogP contribution in [0.4, 0.5) is 23.2 Å². The molecule has 1 fully saturated rings. The van der Waals surface area contributed by atoms with Crippen molar-refractivity contribution in [3.63, 3.8) is 0 Å². The van der Waals surface area contributed by atoms with E-state index in [1.807, 2.05) is 0 Å². The van der Waals surface area contributed by atoms with Crippen molar-refractivity contribution in [2.75, 3.05) is 37.6 Å². The minimum Gasteiger partial charge on any atom is -0.367 e. The molecule has 0 atom stereocenters. The quantitative estimate of drug-likeness (QED) is 0.831.